The summed E-state index contributed by atoms with van der Waals surface area (Å²) in [6, 6.07) is 6.79. The van der Waals surface area contributed by atoms with E-state index in [0.29, 0.717) is 18.0 Å². The van der Waals surface area contributed by atoms with Crippen LogP contribution in [0.3, 0.4) is 0 Å². The molecule has 0 saturated carbocycles. The lowest BCUT2D eigenvalue weighted by atomic mass is 10.3. The number of carbonyl (C=O) groups is 2. The van der Waals surface area contributed by atoms with Crippen molar-refractivity contribution in [3.8, 4) is 5.75 Å². The number of hydrogen-bond acceptors (Lipinski definition) is 4. The SMILES string of the molecule is CCCCOC(=O)COc1ccc(NC(C)=O)cc1. The summed E-state index contributed by atoms with van der Waals surface area (Å²) in [5, 5.41) is 2.65. The molecule has 0 radical (unpaired) electrons. The van der Waals surface area contributed by atoms with Gasteiger partial charge in [0.2, 0.25) is 5.91 Å². The summed E-state index contributed by atoms with van der Waals surface area (Å²) in [5.41, 5.74) is 0.686. The van der Waals surface area contributed by atoms with Crippen molar-refractivity contribution < 1.29 is 19.1 Å². The lowest BCUT2D eigenvalue weighted by Gasteiger charge is -2.07. The van der Waals surface area contributed by atoms with E-state index >= 15 is 0 Å². The quantitative estimate of drug-likeness (QED) is 0.607. The van der Waals surface area contributed by atoms with Crippen LogP contribution >= 0.6 is 0 Å². The van der Waals surface area contributed by atoms with E-state index in [4.69, 9.17) is 9.47 Å². The van der Waals surface area contributed by atoms with Gasteiger partial charge in [0.1, 0.15) is 5.75 Å². The second kappa shape index (κ2) is 8.13. The Bertz CT molecular complexity index is 414. The molecule has 1 N–H and O–H groups in total. The van der Waals surface area contributed by atoms with E-state index in [1.807, 2.05) is 6.92 Å². The fourth-order valence-electron chi connectivity index (χ4n) is 1.35. The molecule has 0 heterocycles. The Kier molecular flexibility index (Phi) is 6.43. The van der Waals surface area contributed by atoms with Crippen LogP contribution in [0.1, 0.15) is 26.7 Å². The third-order valence-corrected chi connectivity index (χ3v) is 2.29. The summed E-state index contributed by atoms with van der Waals surface area (Å²) in [4.78, 5) is 22.1. The lowest BCUT2D eigenvalue weighted by Crippen LogP contribution is -2.15. The molecule has 5 heteroatoms. The van der Waals surface area contributed by atoms with Gasteiger partial charge in [-0.25, -0.2) is 4.79 Å². The van der Waals surface area contributed by atoms with Gasteiger partial charge in [0, 0.05) is 12.6 Å². The number of nitrogens with one attached hydrogen (secondary N) is 1. The van der Waals surface area contributed by atoms with Crippen LogP contribution in [0.25, 0.3) is 0 Å². The molecule has 0 fully saturated rings. The molecule has 0 aliphatic carbocycles. The second-order valence-electron chi connectivity index (χ2n) is 4.07. The van der Waals surface area contributed by atoms with Gasteiger partial charge < -0.3 is 14.8 Å². The Labute approximate surface area is 112 Å². The molecular formula is C14H19NO4. The van der Waals surface area contributed by atoms with E-state index in [0.717, 1.165) is 12.8 Å². The molecule has 0 aromatic heterocycles. The summed E-state index contributed by atoms with van der Waals surface area (Å²) < 4.78 is 10.2. The molecule has 0 saturated heterocycles. The number of rotatable bonds is 7. The Morgan fingerprint density at radius 2 is 1.89 bits per heavy atom. The van der Waals surface area contributed by atoms with Crippen LogP contribution in [0.2, 0.25) is 0 Å². The summed E-state index contributed by atoms with van der Waals surface area (Å²) in [6.07, 6.45) is 1.84. The molecule has 5 nitrogen and oxygen atoms in total. The number of ether oxygens (including phenoxy) is 2. The van der Waals surface area contributed by atoms with E-state index < -0.39 is 0 Å². The minimum Gasteiger partial charge on any atom is -0.482 e. The molecule has 104 valence electrons. The van der Waals surface area contributed by atoms with Gasteiger partial charge in [-0.3, -0.25) is 4.79 Å². The molecule has 0 atom stereocenters. The number of carbonyl (C=O) groups excluding carboxylic acids is 2. The Morgan fingerprint density at radius 3 is 2.47 bits per heavy atom. The van der Waals surface area contributed by atoms with Gasteiger partial charge in [0.15, 0.2) is 6.61 Å². The second-order valence-corrected chi connectivity index (χ2v) is 4.07. The maximum absolute atomic E-state index is 11.3. The Balaban J connectivity index is 2.33. The number of anilines is 1. The number of hydrogen-bond donors (Lipinski definition) is 1. The Hall–Kier alpha value is -2.04. The van der Waals surface area contributed by atoms with Gasteiger partial charge >= 0.3 is 5.97 Å². The van der Waals surface area contributed by atoms with E-state index in [2.05, 4.69) is 5.32 Å². The van der Waals surface area contributed by atoms with Crippen molar-refractivity contribution in [3.63, 3.8) is 0 Å². The summed E-state index contributed by atoms with van der Waals surface area (Å²) in [7, 11) is 0. The first-order valence-electron chi connectivity index (χ1n) is 6.28. The summed E-state index contributed by atoms with van der Waals surface area (Å²) in [6.45, 7) is 3.79. The smallest absolute Gasteiger partial charge is 0.344 e. The van der Waals surface area contributed by atoms with Crippen LogP contribution in [0.5, 0.6) is 5.75 Å². The van der Waals surface area contributed by atoms with Gasteiger partial charge in [-0.05, 0) is 30.7 Å². The van der Waals surface area contributed by atoms with Gasteiger partial charge in [0.05, 0.1) is 6.61 Å². The van der Waals surface area contributed by atoms with Gasteiger partial charge in [0.25, 0.3) is 0 Å². The fourth-order valence-corrected chi connectivity index (χ4v) is 1.35. The topological polar surface area (TPSA) is 64.6 Å². The van der Waals surface area contributed by atoms with E-state index in [9.17, 15) is 9.59 Å². The average molecular weight is 265 g/mol. The molecule has 19 heavy (non-hydrogen) atoms. The molecule has 1 rings (SSSR count). The summed E-state index contributed by atoms with van der Waals surface area (Å²) >= 11 is 0. The van der Waals surface area contributed by atoms with E-state index in [1.165, 1.54) is 6.92 Å². The first-order chi connectivity index (χ1) is 9.11. The number of benzene rings is 1. The van der Waals surface area contributed by atoms with Crippen LogP contribution < -0.4 is 10.1 Å². The van der Waals surface area contributed by atoms with Crippen molar-refractivity contribution in [2.24, 2.45) is 0 Å². The minimum atomic E-state index is -0.376. The van der Waals surface area contributed by atoms with Gasteiger partial charge in [-0.1, -0.05) is 13.3 Å². The Morgan fingerprint density at radius 1 is 1.21 bits per heavy atom. The predicted octanol–water partition coefficient (Wildman–Crippen LogP) is 2.37. The zero-order valence-corrected chi connectivity index (χ0v) is 11.3. The normalized spacial score (nSPS) is 9.79. The van der Waals surface area contributed by atoms with Crippen molar-refractivity contribution in [1.29, 1.82) is 0 Å². The highest BCUT2D eigenvalue weighted by atomic mass is 16.6. The molecule has 1 aromatic carbocycles. The molecule has 0 aliphatic rings. The zero-order chi connectivity index (χ0) is 14.1. The predicted molar refractivity (Wildman–Crippen MR) is 72.1 cm³/mol. The highest BCUT2D eigenvalue weighted by Gasteiger charge is 2.04. The average Bonchev–Trinajstić information content (AvgIpc) is 2.37. The summed E-state index contributed by atoms with van der Waals surface area (Å²) in [5.74, 6) is 0.0501. The number of unbranched alkanes of at least 4 members (excludes halogenated alkanes) is 1. The van der Waals surface area contributed by atoms with Crippen molar-refractivity contribution in [3.05, 3.63) is 24.3 Å². The van der Waals surface area contributed by atoms with Crippen molar-refractivity contribution in [2.45, 2.75) is 26.7 Å². The lowest BCUT2D eigenvalue weighted by molar-refractivity contribution is -0.146. The van der Waals surface area contributed by atoms with E-state index in [-0.39, 0.29) is 18.5 Å². The fraction of sp³-hybridized carbons (Fsp3) is 0.429. The highest BCUT2D eigenvalue weighted by Crippen LogP contribution is 2.15. The first kappa shape index (κ1) is 15.0. The largest absolute Gasteiger partial charge is 0.482 e. The monoisotopic (exact) mass is 265 g/mol. The minimum absolute atomic E-state index is 0.108. The van der Waals surface area contributed by atoms with Crippen molar-refractivity contribution >= 4 is 17.6 Å². The maximum atomic E-state index is 11.3. The molecule has 0 bridgehead atoms. The van der Waals surface area contributed by atoms with Crippen molar-refractivity contribution in [2.75, 3.05) is 18.5 Å². The van der Waals surface area contributed by atoms with Crippen LogP contribution in [-0.2, 0) is 14.3 Å². The third kappa shape index (κ3) is 6.45. The molecule has 1 aromatic rings. The number of amides is 1. The number of esters is 1. The molecular weight excluding hydrogens is 246 g/mol. The van der Waals surface area contributed by atoms with Crippen LogP contribution in [0.4, 0.5) is 5.69 Å². The standard InChI is InChI=1S/C14H19NO4/c1-3-4-9-18-14(17)10-19-13-7-5-12(6-8-13)15-11(2)16/h5-8H,3-4,9-10H2,1-2H3,(H,15,16). The van der Waals surface area contributed by atoms with Gasteiger partial charge in [-0.2, -0.15) is 0 Å². The van der Waals surface area contributed by atoms with E-state index in [1.54, 1.807) is 24.3 Å². The molecule has 0 unspecified atom stereocenters. The maximum Gasteiger partial charge on any atom is 0.344 e. The molecule has 1 amide bonds. The highest BCUT2D eigenvalue weighted by molar-refractivity contribution is 5.88. The van der Waals surface area contributed by atoms with Crippen LogP contribution in [0, 0.1) is 0 Å². The van der Waals surface area contributed by atoms with Crippen molar-refractivity contribution in [1.82, 2.24) is 0 Å². The zero-order valence-electron chi connectivity index (χ0n) is 11.3. The van der Waals surface area contributed by atoms with Gasteiger partial charge in [-0.15, -0.1) is 0 Å². The molecule has 0 spiro atoms. The molecule has 0 aliphatic heterocycles. The first-order valence-corrected chi connectivity index (χ1v) is 6.28. The van der Waals surface area contributed by atoms with Crippen LogP contribution in [-0.4, -0.2) is 25.1 Å². The third-order valence-electron chi connectivity index (χ3n) is 2.29. The van der Waals surface area contributed by atoms with Crippen LogP contribution in [0.15, 0.2) is 24.3 Å².